The molecular formula is C17H20N4O2. The van der Waals surface area contributed by atoms with Gasteiger partial charge in [-0.15, -0.1) is 0 Å². The normalized spacial score (nSPS) is 20.8. The lowest BCUT2D eigenvalue weighted by Crippen LogP contribution is -2.56. The number of aromatic nitrogens is 1. The van der Waals surface area contributed by atoms with E-state index in [2.05, 4.69) is 11.0 Å². The molecule has 0 unspecified atom stereocenters. The molecule has 0 bridgehead atoms. The van der Waals surface area contributed by atoms with Crippen molar-refractivity contribution >= 4 is 11.7 Å². The number of carbonyl (C=O) groups is 1. The van der Waals surface area contributed by atoms with Gasteiger partial charge in [-0.2, -0.15) is 5.26 Å². The number of rotatable bonds is 2. The SMILES string of the molecule is N#Cc1cc2c(nc1N1CC(C(=O)N3CCOCC3)C1)CCC2. The van der Waals surface area contributed by atoms with Gasteiger partial charge < -0.3 is 14.5 Å². The van der Waals surface area contributed by atoms with E-state index >= 15 is 0 Å². The average molecular weight is 312 g/mol. The van der Waals surface area contributed by atoms with Crippen LogP contribution in [0.3, 0.4) is 0 Å². The Hall–Kier alpha value is -2.13. The minimum atomic E-state index is 0.0229. The molecule has 2 fully saturated rings. The maximum Gasteiger partial charge on any atom is 0.229 e. The first-order valence-corrected chi connectivity index (χ1v) is 8.30. The monoisotopic (exact) mass is 312 g/mol. The molecule has 0 spiro atoms. The van der Waals surface area contributed by atoms with Gasteiger partial charge in [-0.3, -0.25) is 4.79 Å². The predicted molar refractivity (Wildman–Crippen MR) is 84.1 cm³/mol. The lowest BCUT2D eigenvalue weighted by molar-refractivity contribution is -0.140. The van der Waals surface area contributed by atoms with Crippen LogP contribution in [0.5, 0.6) is 0 Å². The summed E-state index contributed by atoms with van der Waals surface area (Å²) in [6.07, 6.45) is 3.14. The van der Waals surface area contributed by atoms with Crippen molar-refractivity contribution in [2.45, 2.75) is 19.3 Å². The number of nitriles is 1. The van der Waals surface area contributed by atoms with Crippen molar-refractivity contribution in [2.24, 2.45) is 5.92 Å². The molecule has 0 N–H and O–H groups in total. The van der Waals surface area contributed by atoms with Gasteiger partial charge in [0.2, 0.25) is 5.91 Å². The Kier molecular flexibility index (Phi) is 3.66. The first kappa shape index (κ1) is 14.5. The average Bonchev–Trinajstić information content (AvgIpc) is 3.00. The Labute approximate surface area is 135 Å². The fraction of sp³-hybridized carbons (Fsp3) is 0.588. The minimum absolute atomic E-state index is 0.0229. The zero-order chi connectivity index (χ0) is 15.8. The van der Waals surface area contributed by atoms with Gasteiger partial charge in [-0.25, -0.2) is 4.98 Å². The summed E-state index contributed by atoms with van der Waals surface area (Å²) in [7, 11) is 0. The van der Waals surface area contributed by atoms with Crippen LogP contribution in [0.25, 0.3) is 0 Å². The highest BCUT2D eigenvalue weighted by atomic mass is 16.5. The van der Waals surface area contributed by atoms with Crippen LogP contribution in [0.2, 0.25) is 0 Å². The molecule has 0 saturated carbocycles. The van der Waals surface area contributed by atoms with Gasteiger partial charge in [0.05, 0.1) is 24.7 Å². The van der Waals surface area contributed by atoms with Gasteiger partial charge in [0.15, 0.2) is 0 Å². The third-order valence-electron chi connectivity index (χ3n) is 5.00. The predicted octanol–water partition coefficient (Wildman–Crippen LogP) is 0.737. The summed E-state index contributed by atoms with van der Waals surface area (Å²) in [5.41, 5.74) is 2.98. The number of morpholine rings is 1. The van der Waals surface area contributed by atoms with Crippen molar-refractivity contribution in [3.05, 3.63) is 22.9 Å². The van der Waals surface area contributed by atoms with E-state index < -0.39 is 0 Å². The second-order valence-electron chi connectivity index (χ2n) is 6.47. The van der Waals surface area contributed by atoms with Crippen LogP contribution in [-0.4, -0.2) is 55.2 Å². The third-order valence-corrected chi connectivity index (χ3v) is 5.00. The highest BCUT2D eigenvalue weighted by molar-refractivity contribution is 5.82. The lowest BCUT2D eigenvalue weighted by Gasteiger charge is -2.42. The molecule has 1 amide bonds. The highest BCUT2D eigenvalue weighted by Gasteiger charge is 2.37. The fourth-order valence-electron chi connectivity index (χ4n) is 3.63. The Morgan fingerprint density at radius 1 is 1.30 bits per heavy atom. The van der Waals surface area contributed by atoms with Crippen molar-refractivity contribution < 1.29 is 9.53 Å². The number of carbonyl (C=O) groups excluding carboxylic acids is 1. The topological polar surface area (TPSA) is 69.5 Å². The Bertz CT molecular complexity index is 670. The molecule has 23 heavy (non-hydrogen) atoms. The summed E-state index contributed by atoms with van der Waals surface area (Å²) in [6, 6.07) is 4.25. The molecule has 3 heterocycles. The number of fused-ring (bicyclic) bond motifs is 1. The first-order valence-electron chi connectivity index (χ1n) is 8.30. The Morgan fingerprint density at radius 2 is 2.09 bits per heavy atom. The van der Waals surface area contributed by atoms with Crippen LogP contribution in [-0.2, 0) is 22.4 Å². The second-order valence-corrected chi connectivity index (χ2v) is 6.47. The Morgan fingerprint density at radius 3 is 2.83 bits per heavy atom. The number of ether oxygens (including phenoxy) is 1. The Balaban J connectivity index is 1.45. The maximum atomic E-state index is 12.5. The van der Waals surface area contributed by atoms with Crippen LogP contribution in [0.4, 0.5) is 5.82 Å². The molecule has 2 aliphatic heterocycles. The van der Waals surface area contributed by atoms with Crippen molar-refractivity contribution in [3.8, 4) is 6.07 Å². The van der Waals surface area contributed by atoms with Crippen LogP contribution >= 0.6 is 0 Å². The molecule has 1 aromatic rings. The van der Waals surface area contributed by atoms with E-state index in [1.54, 1.807) is 0 Å². The quantitative estimate of drug-likeness (QED) is 0.805. The van der Waals surface area contributed by atoms with Gasteiger partial charge >= 0.3 is 0 Å². The summed E-state index contributed by atoms with van der Waals surface area (Å²) in [5.74, 6) is 0.998. The summed E-state index contributed by atoms with van der Waals surface area (Å²) in [6.45, 7) is 3.97. The third kappa shape index (κ3) is 2.55. The number of nitrogens with zero attached hydrogens (tertiary/aromatic N) is 4. The van der Waals surface area contributed by atoms with E-state index in [0.717, 1.165) is 30.8 Å². The van der Waals surface area contributed by atoms with Crippen LogP contribution in [0.1, 0.15) is 23.2 Å². The molecular weight excluding hydrogens is 292 g/mol. The van der Waals surface area contributed by atoms with Gasteiger partial charge in [0, 0.05) is 31.9 Å². The van der Waals surface area contributed by atoms with E-state index in [1.807, 2.05) is 11.0 Å². The van der Waals surface area contributed by atoms with E-state index in [9.17, 15) is 10.1 Å². The minimum Gasteiger partial charge on any atom is -0.378 e. The molecule has 1 aromatic heterocycles. The molecule has 6 heteroatoms. The van der Waals surface area contributed by atoms with E-state index in [4.69, 9.17) is 9.72 Å². The largest absolute Gasteiger partial charge is 0.378 e. The molecule has 1 aliphatic carbocycles. The van der Waals surface area contributed by atoms with E-state index in [-0.39, 0.29) is 11.8 Å². The van der Waals surface area contributed by atoms with E-state index in [0.29, 0.717) is 45.0 Å². The van der Waals surface area contributed by atoms with Crippen LogP contribution < -0.4 is 4.90 Å². The number of pyridine rings is 1. The molecule has 0 aromatic carbocycles. The molecule has 2 saturated heterocycles. The number of anilines is 1. The molecule has 0 radical (unpaired) electrons. The molecule has 4 rings (SSSR count). The number of amides is 1. The smallest absolute Gasteiger partial charge is 0.229 e. The van der Waals surface area contributed by atoms with Crippen molar-refractivity contribution in [2.75, 3.05) is 44.3 Å². The van der Waals surface area contributed by atoms with Gasteiger partial charge in [0.25, 0.3) is 0 Å². The molecule has 0 atom stereocenters. The number of aryl methyl sites for hydroxylation is 2. The van der Waals surface area contributed by atoms with Crippen molar-refractivity contribution in [1.29, 1.82) is 5.26 Å². The van der Waals surface area contributed by atoms with E-state index in [1.165, 1.54) is 5.56 Å². The molecule has 3 aliphatic rings. The maximum absolute atomic E-state index is 12.5. The number of hydrogen-bond acceptors (Lipinski definition) is 5. The lowest BCUT2D eigenvalue weighted by atomic mass is 9.97. The first-order chi connectivity index (χ1) is 11.3. The summed E-state index contributed by atoms with van der Waals surface area (Å²) < 4.78 is 5.29. The zero-order valence-electron chi connectivity index (χ0n) is 13.1. The summed E-state index contributed by atoms with van der Waals surface area (Å²) in [5, 5.41) is 9.39. The van der Waals surface area contributed by atoms with Crippen molar-refractivity contribution in [1.82, 2.24) is 9.88 Å². The van der Waals surface area contributed by atoms with Gasteiger partial charge in [-0.05, 0) is 30.9 Å². The highest BCUT2D eigenvalue weighted by Crippen LogP contribution is 2.31. The fourth-order valence-corrected chi connectivity index (χ4v) is 3.63. The number of hydrogen-bond donors (Lipinski definition) is 0. The summed E-state index contributed by atoms with van der Waals surface area (Å²) in [4.78, 5) is 21.1. The summed E-state index contributed by atoms with van der Waals surface area (Å²) >= 11 is 0. The van der Waals surface area contributed by atoms with Gasteiger partial charge in [-0.1, -0.05) is 0 Å². The standard InChI is InChI=1S/C17H20N4O2/c18-9-13-8-12-2-1-3-15(12)19-16(13)21-10-14(11-21)17(22)20-4-6-23-7-5-20/h8,14H,1-7,10-11H2. The second kappa shape index (κ2) is 5.82. The van der Waals surface area contributed by atoms with Gasteiger partial charge in [0.1, 0.15) is 11.9 Å². The molecule has 6 nitrogen and oxygen atoms in total. The van der Waals surface area contributed by atoms with Crippen molar-refractivity contribution in [3.63, 3.8) is 0 Å². The molecule has 120 valence electrons. The van der Waals surface area contributed by atoms with Crippen LogP contribution in [0.15, 0.2) is 6.07 Å². The zero-order valence-corrected chi connectivity index (χ0v) is 13.1. The van der Waals surface area contributed by atoms with Crippen LogP contribution in [0, 0.1) is 17.2 Å².